The fraction of sp³-hybridized carbons (Fsp3) is 0.400. The van der Waals surface area contributed by atoms with Gasteiger partial charge in [-0.3, -0.25) is 0 Å². The van der Waals surface area contributed by atoms with Crippen LogP contribution < -0.4 is 10.5 Å². The lowest BCUT2D eigenvalue weighted by Crippen LogP contribution is -2.15. The summed E-state index contributed by atoms with van der Waals surface area (Å²) in [5.74, 6) is -0.0706. The number of nitrogens with zero attached hydrogens (tertiary/aromatic N) is 3. The Morgan fingerprint density at radius 3 is 2.67 bits per heavy atom. The molecule has 7 nitrogen and oxygen atoms in total. The molecule has 1 aromatic heterocycles. The number of rotatable bonds is 1. The standard InChI is InChI=1S/C5H8N4O3/c1-11-4-7-3(6)9(8-4)5(10)12-2/h1-2H3,(H2,6,7,8). The minimum atomic E-state index is -0.705. The molecule has 1 rings (SSSR count). The maximum absolute atomic E-state index is 10.9. The smallest absolute Gasteiger partial charge is 0.437 e. The Kier molecular flexibility index (Phi) is 2.13. The number of carbonyl (C=O) groups excluding carboxylic acids is 1. The molecule has 0 aliphatic carbocycles. The summed E-state index contributed by atoms with van der Waals surface area (Å²) in [6.07, 6.45) is -0.705. The molecule has 2 N–H and O–H groups in total. The Bertz CT molecular complexity index is 295. The average molecular weight is 172 g/mol. The van der Waals surface area contributed by atoms with Gasteiger partial charge in [-0.2, -0.15) is 4.98 Å². The summed E-state index contributed by atoms with van der Waals surface area (Å²) in [4.78, 5) is 14.5. The zero-order valence-corrected chi connectivity index (χ0v) is 6.64. The first-order valence-corrected chi connectivity index (χ1v) is 3.04. The van der Waals surface area contributed by atoms with Crippen molar-refractivity contribution >= 4 is 12.0 Å². The summed E-state index contributed by atoms with van der Waals surface area (Å²) in [5, 5.41) is 3.58. The molecule has 0 atom stereocenters. The van der Waals surface area contributed by atoms with Crippen LogP contribution in [-0.2, 0) is 4.74 Å². The molecule has 0 saturated carbocycles. The number of carbonyl (C=O) groups is 1. The van der Waals surface area contributed by atoms with Crippen molar-refractivity contribution in [2.24, 2.45) is 0 Å². The van der Waals surface area contributed by atoms with Gasteiger partial charge in [0.2, 0.25) is 5.95 Å². The number of nitrogens with two attached hydrogens (primary N) is 1. The first-order chi connectivity index (χ1) is 5.69. The highest BCUT2D eigenvalue weighted by Crippen LogP contribution is 2.06. The first-order valence-electron chi connectivity index (χ1n) is 3.04. The molecule has 0 aliphatic rings. The highest BCUT2D eigenvalue weighted by atomic mass is 16.5. The summed E-state index contributed by atoms with van der Waals surface area (Å²) in [5.41, 5.74) is 5.30. The van der Waals surface area contributed by atoms with E-state index in [1.807, 2.05) is 0 Å². The van der Waals surface area contributed by atoms with Gasteiger partial charge in [0.15, 0.2) is 0 Å². The lowest BCUT2D eigenvalue weighted by atomic mass is 11.0. The maximum Gasteiger partial charge on any atom is 0.437 e. The number of hydrogen-bond acceptors (Lipinski definition) is 6. The first kappa shape index (κ1) is 8.31. The summed E-state index contributed by atoms with van der Waals surface area (Å²) in [6, 6.07) is 0.0258. The fourth-order valence-corrected chi connectivity index (χ4v) is 0.612. The van der Waals surface area contributed by atoms with Gasteiger partial charge >= 0.3 is 12.1 Å². The molecule has 0 aromatic carbocycles. The van der Waals surface area contributed by atoms with E-state index in [4.69, 9.17) is 5.73 Å². The predicted octanol–water partition coefficient (Wildman–Crippen LogP) is -0.517. The summed E-state index contributed by atoms with van der Waals surface area (Å²) >= 11 is 0. The lowest BCUT2D eigenvalue weighted by Gasteiger charge is -1.96. The second-order valence-corrected chi connectivity index (χ2v) is 1.84. The SMILES string of the molecule is COC(=O)n1nc(OC)nc1N. The quantitative estimate of drug-likeness (QED) is 0.612. The molecule has 0 saturated heterocycles. The van der Waals surface area contributed by atoms with Crippen molar-refractivity contribution in [1.29, 1.82) is 0 Å². The fourth-order valence-electron chi connectivity index (χ4n) is 0.612. The number of hydrogen-bond donors (Lipinski definition) is 1. The van der Waals surface area contributed by atoms with Crippen molar-refractivity contribution in [3.8, 4) is 6.01 Å². The average Bonchev–Trinajstić information content (AvgIpc) is 2.45. The van der Waals surface area contributed by atoms with E-state index < -0.39 is 6.09 Å². The number of methoxy groups -OCH3 is 2. The lowest BCUT2D eigenvalue weighted by molar-refractivity contribution is 0.169. The topological polar surface area (TPSA) is 92.3 Å². The van der Waals surface area contributed by atoms with E-state index in [1.54, 1.807) is 0 Å². The molecule has 12 heavy (non-hydrogen) atoms. The van der Waals surface area contributed by atoms with E-state index in [0.717, 1.165) is 4.68 Å². The van der Waals surface area contributed by atoms with Crippen LogP contribution in [-0.4, -0.2) is 35.1 Å². The number of anilines is 1. The molecule has 1 aromatic rings. The molecule has 7 heteroatoms. The maximum atomic E-state index is 10.9. The molecule has 0 aliphatic heterocycles. The van der Waals surface area contributed by atoms with Crippen LogP contribution in [0.15, 0.2) is 0 Å². The van der Waals surface area contributed by atoms with E-state index in [1.165, 1.54) is 14.2 Å². The Morgan fingerprint density at radius 2 is 2.25 bits per heavy atom. The third-order valence-electron chi connectivity index (χ3n) is 1.14. The van der Waals surface area contributed by atoms with Crippen molar-refractivity contribution in [2.45, 2.75) is 0 Å². The molecule has 1 heterocycles. The third kappa shape index (κ3) is 1.29. The van der Waals surface area contributed by atoms with Gasteiger partial charge in [-0.25, -0.2) is 4.79 Å². The molecule has 0 unspecified atom stereocenters. The Balaban J connectivity index is 2.99. The summed E-state index contributed by atoms with van der Waals surface area (Å²) in [6.45, 7) is 0. The van der Waals surface area contributed by atoms with Gasteiger partial charge in [-0.15, -0.1) is 9.78 Å². The van der Waals surface area contributed by atoms with Gasteiger partial charge in [-0.1, -0.05) is 0 Å². The Morgan fingerprint density at radius 1 is 1.58 bits per heavy atom. The van der Waals surface area contributed by atoms with Gasteiger partial charge in [0.25, 0.3) is 0 Å². The highest BCUT2D eigenvalue weighted by molar-refractivity contribution is 5.72. The molecule has 0 bridgehead atoms. The van der Waals surface area contributed by atoms with Crippen molar-refractivity contribution < 1.29 is 14.3 Å². The minimum absolute atomic E-state index is 0.0258. The van der Waals surface area contributed by atoms with Crippen LogP contribution in [0.3, 0.4) is 0 Å². The molecular weight excluding hydrogens is 164 g/mol. The van der Waals surface area contributed by atoms with E-state index in [9.17, 15) is 4.79 Å². The van der Waals surface area contributed by atoms with Crippen molar-refractivity contribution in [3.05, 3.63) is 0 Å². The Hall–Kier alpha value is -1.79. The summed E-state index contributed by atoms with van der Waals surface area (Å²) in [7, 11) is 2.59. The Labute approximate surface area is 68.1 Å². The largest absolute Gasteiger partial charge is 0.466 e. The van der Waals surface area contributed by atoms with Gasteiger partial charge in [0.05, 0.1) is 14.2 Å². The predicted molar refractivity (Wildman–Crippen MR) is 38.8 cm³/mol. The van der Waals surface area contributed by atoms with Crippen molar-refractivity contribution in [2.75, 3.05) is 20.0 Å². The normalized spacial score (nSPS) is 9.50. The molecule has 0 spiro atoms. The van der Waals surface area contributed by atoms with Gasteiger partial charge < -0.3 is 15.2 Å². The third-order valence-corrected chi connectivity index (χ3v) is 1.14. The van der Waals surface area contributed by atoms with Crippen LogP contribution >= 0.6 is 0 Å². The van der Waals surface area contributed by atoms with E-state index in [2.05, 4.69) is 19.6 Å². The number of nitrogen functional groups attached to an aromatic ring is 1. The molecular formula is C5H8N4O3. The highest BCUT2D eigenvalue weighted by Gasteiger charge is 2.13. The van der Waals surface area contributed by atoms with Crippen LogP contribution in [0, 0.1) is 0 Å². The second kappa shape index (κ2) is 3.07. The van der Waals surface area contributed by atoms with Crippen LogP contribution in [0.4, 0.5) is 10.7 Å². The zero-order valence-electron chi connectivity index (χ0n) is 6.64. The summed E-state index contributed by atoms with van der Waals surface area (Å²) < 4.78 is 9.80. The second-order valence-electron chi connectivity index (χ2n) is 1.84. The van der Waals surface area contributed by atoms with E-state index in [0.29, 0.717) is 0 Å². The van der Waals surface area contributed by atoms with Crippen molar-refractivity contribution in [1.82, 2.24) is 14.8 Å². The molecule has 0 fully saturated rings. The van der Waals surface area contributed by atoms with Crippen LogP contribution in [0.2, 0.25) is 0 Å². The van der Waals surface area contributed by atoms with E-state index in [-0.39, 0.29) is 12.0 Å². The molecule has 0 amide bonds. The number of aromatic nitrogens is 3. The molecule has 0 radical (unpaired) electrons. The van der Waals surface area contributed by atoms with Crippen LogP contribution in [0.25, 0.3) is 0 Å². The van der Waals surface area contributed by atoms with Crippen LogP contribution in [0.1, 0.15) is 0 Å². The zero-order chi connectivity index (χ0) is 9.14. The van der Waals surface area contributed by atoms with Gasteiger partial charge in [0, 0.05) is 0 Å². The molecule has 66 valence electrons. The van der Waals surface area contributed by atoms with Crippen molar-refractivity contribution in [3.63, 3.8) is 0 Å². The van der Waals surface area contributed by atoms with Crippen LogP contribution in [0.5, 0.6) is 6.01 Å². The monoisotopic (exact) mass is 172 g/mol. The minimum Gasteiger partial charge on any atom is -0.466 e. The van der Waals surface area contributed by atoms with E-state index >= 15 is 0 Å². The van der Waals surface area contributed by atoms with Gasteiger partial charge in [-0.05, 0) is 0 Å². The number of ether oxygens (including phenoxy) is 2. The van der Waals surface area contributed by atoms with Gasteiger partial charge in [0.1, 0.15) is 0 Å².